The molecule has 6 heteroatoms. The maximum Gasteiger partial charge on any atom is 0.295 e. The van der Waals surface area contributed by atoms with Gasteiger partial charge in [0.25, 0.3) is 11.7 Å². The number of hydrogen-bond donors (Lipinski definition) is 1. The number of carbonyl (C=O) groups is 2. The molecule has 0 aromatic heterocycles. The summed E-state index contributed by atoms with van der Waals surface area (Å²) in [5, 5.41) is 13.6. The molecule has 0 spiro atoms. The second-order valence-electron chi connectivity index (χ2n) is 9.47. The van der Waals surface area contributed by atoms with E-state index in [-0.39, 0.29) is 17.3 Å². The summed E-state index contributed by atoms with van der Waals surface area (Å²) in [6.07, 6.45) is 0.573. The number of likely N-dealkylation sites (tertiary alicyclic amines) is 1. The van der Waals surface area contributed by atoms with Crippen molar-refractivity contribution in [2.45, 2.75) is 39.2 Å². The summed E-state index contributed by atoms with van der Waals surface area (Å²) in [5.74, 6) is -0.588. The molecule has 0 saturated carbocycles. The Kier molecular flexibility index (Phi) is 7.45. The van der Waals surface area contributed by atoms with Crippen LogP contribution in [0, 0.1) is 6.92 Å². The predicted octanol–water partition coefficient (Wildman–Crippen LogP) is 5.74. The van der Waals surface area contributed by atoms with Crippen LogP contribution in [0.25, 0.3) is 16.5 Å². The van der Waals surface area contributed by atoms with E-state index in [0.717, 1.165) is 33.2 Å². The van der Waals surface area contributed by atoms with Crippen LogP contribution in [0.1, 0.15) is 54.5 Å². The lowest BCUT2D eigenvalue weighted by atomic mass is 9.89. The molecule has 1 fully saturated rings. The molecule has 4 rings (SSSR count). The zero-order chi connectivity index (χ0) is 26.0. The largest absolute Gasteiger partial charge is 0.507 e. The quantitative estimate of drug-likeness (QED) is 0.190. The van der Waals surface area contributed by atoms with E-state index < -0.39 is 17.7 Å². The Labute approximate surface area is 212 Å². The number of Topliss-reactive ketones (excluding diaryl/α,β-unsaturated/α-hetero) is 1. The van der Waals surface area contributed by atoms with Crippen LogP contribution in [-0.2, 0) is 14.3 Å². The molecule has 1 aliphatic heterocycles. The molecule has 1 aliphatic rings. The van der Waals surface area contributed by atoms with Gasteiger partial charge in [0.1, 0.15) is 11.5 Å². The smallest absolute Gasteiger partial charge is 0.295 e. The number of hydrogen-bond acceptors (Lipinski definition) is 5. The summed E-state index contributed by atoms with van der Waals surface area (Å²) in [7, 11) is 3.22. The fraction of sp³-hybridized carbons (Fsp3) is 0.333. The molecule has 1 atom stereocenters. The molecule has 1 unspecified atom stereocenters. The summed E-state index contributed by atoms with van der Waals surface area (Å²) >= 11 is 0. The van der Waals surface area contributed by atoms with Gasteiger partial charge in [0.2, 0.25) is 0 Å². The highest BCUT2D eigenvalue weighted by Crippen LogP contribution is 2.43. The highest BCUT2D eigenvalue weighted by Gasteiger charge is 2.46. The molecule has 0 bridgehead atoms. The number of aliphatic hydroxyl groups is 1. The average Bonchev–Trinajstić information content (AvgIpc) is 3.12. The van der Waals surface area contributed by atoms with Gasteiger partial charge < -0.3 is 19.5 Å². The first-order valence-electron chi connectivity index (χ1n) is 12.2. The van der Waals surface area contributed by atoms with Crippen LogP contribution in [0.4, 0.5) is 0 Å². The average molecular weight is 488 g/mol. The summed E-state index contributed by atoms with van der Waals surface area (Å²) in [6, 6.07) is 16.7. The van der Waals surface area contributed by atoms with Crippen LogP contribution in [0.3, 0.4) is 0 Å². The third-order valence-corrected chi connectivity index (χ3v) is 6.86. The zero-order valence-corrected chi connectivity index (χ0v) is 21.5. The Hall–Kier alpha value is -3.64. The number of amides is 1. The topological polar surface area (TPSA) is 76.1 Å². The minimum Gasteiger partial charge on any atom is -0.507 e. The molecule has 0 radical (unpaired) electrons. The van der Waals surface area contributed by atoms with Crippen molar-refractivity contribution in [2.24, 2.45) is 0 Å². The highest BCUT2D eigenvalue weighted by atomic mass is 16.5. The number of nitrogens with zero attached hydrogens (tertiary/aromatic N) is 1. The van der Waals surface area contributed by atoms with Crippen molar-refractivity contribution in [1.82, 2.24) is 4.90 Å². The lowest BCUT2D eigenvalue weighted by Gasteiger charge is -2.26. The SMILES string of the molecule is COCCCN1C(=O)C(=O)/C(=C(/O)c2cc(C(C)C)c(OC)cc2C)C1c1cccc2ccccc12. The highest BCUT2D eigenvalue weighted by molar-refractivity contribution is 6.46. The minimum atomic E-state index is -0.711. The normalized spacial score (nSPS) is 17.4. The van der Waals surface area contributed by atoms with Gasteiger partial charge in [0.05, 0.1) is 18.7 Å². The number of aryl methyl sites for hydroxylation is 1. The van der Waals surface area contributed by atoms with Crippen LogP contribution < -0.4 is 4.74 Å². The van der Waals surface area contributed by atoms with E-state index in [2.05, 4.69) is 0 Å². The monoisotopic (exact) mass is 487 g/mol. The first kappa shape index (κ1) is 25.5. The van der Waals surface area contributed by atoms with Crippen molar-refractivity contribution >= 4 is 28.2 Å². The molecule has 3 aromatic rings. The molecular weight excluding hydrogens is 454 g/mol. The van der Waals surface area contributed by atoms with Gasteiger partial charge in [-0.05, 0) is 58.9 Å². The second-order valence-corrected chi connectivity index (χ2v) is 9.47. The van der Waals surface area contributed by atoms with E-state index in [0.29, 0.717) is 25.1 Å². The Morgan fingerprint density at radius 1 is 1.06 bits per heavy atom. The maximum atomic E-state index is 13.5. The van der Waals surface area contributed by atoms with Crippen molar-refractivity contribution in [3.63, 3.8) is 0 Å². The van der Waals surface area contributed by atoms with Gasteiger partial charge in [0.15, 0.2) is 0 Å². The first-order valence-corrected chi connectivity index (χ1v) is 12.2. The molecule has 3 aromatic carbocycles. The van der Waals surface area contributed by atoms with E-state index in [4.69, 9.17) is 9.47 Å². The van der Waals surface area contributed by atoms with Crippen LogP contribution in [0.5, 0.6) is 5.75 Å². The summed E-state index contributed by atoms with van der Waals surface area (Å²) < 4.78 is 10.8. The fourth-order valence-electron chi connectivity index (χ4n) is 5.03. The van der Waals surface area contributed by atoms with E-state index in [1.54, 1.807) is 19.1 Å². The Morgan fingerprint density at radius 3 is 2.47 bits per heavy atom. The molecule has 0 aliphatic carbocycles. The number of ether oxygens (including phenoxy) is 2. The Bertz CT molecular complexity index is 1340. The van der Waals surface area contributed by atoms with Gasteiger partial charge in [-0.25, -0.2) is 0 Å². The van der Waals surface area contributed by atoms with Crippen molar-refractivity contribution in [1.29, 1.82) is 0 Å². The molecule has 36 heavy (non-hydrogen) atoms. The van der Waals surface area contributed by atoms with Crippen LogP contribution in [-0.4, -0.2) is 49.1 Å². The van der Waals surface area contributed by atoms with Crippen LogP contribution >= 0.6 is 0 Å². The number of rotatable bonds is 8. The summed E-state index contributed by atoms with van der Waals surface area (Å²) in [4.78, 5) is 28.3. The van der Waals surface area contributed by atoms with Gasteiger partial charge >= 0.3 is 0 Å². The number of aliphatic hydroxyl groups excluding tert-OH is 1. The number of ketones is 1. The van der Waals surface area contributed by atoms with Crippen molar-refractivity contribution in [3.8, 4) is 5.75 Å². The predicted molar refractivity (Wildman–Crippen MR) is 141 cm³/mol. The number of benzene rings is 3. The molecule has 1 saturated heterocycles. The van der Waals surface area contributed by atoms with Gasteiger partial charge in [0, 0.05) is 25.8 Å². The summed E-state index contributed by atoms with van der Waals surface area (Å²) in [5.41, 5.74) is 3.12. The maximum absolute atomic E-state index is 13.5. The van der Waals surface area contributed by atoms with E-state index in [1.165, 1.54) is 0 Å². The van der Waals surface area contributed by atoms with E-state index >= 15 is 0 Å². The molecule has 1 amide bonds. The Balaban J connectivity index is 1.97. The standard InChI is InChI=1S/C30H33NO5/c1-18(2)23-17-24(19(3)16-25(23)36-5)28(32)26-27(31(14-9-15-35-4)30(34)29(26)33)22-13-8-11-20-10-6-7-12-21(20)22/h6-8,10-13,16-18,27,32H,9,14-15H2,1-5H3/b28-26+. The molecule has 1 N–H and O–H groups in total. The number of carbonyl (C=O) groups excluding carboxylic acids is 2. The van der Waals surface area contributed by atoms with Gasteiger partial charge in [-0.3, -0.25) is 9.59 Å². The first-order chi connectivity index (χ1) is 17.3. The number of fused-ring (bicyclic) bond motifs is 1. The van der Waals surface area contributed by atoms with E-state index in [1.807, 2.05) is 75.4 Å². The zero-order valence-electron chi connectivity index (χ0n) is 21.5. The van der Waals surface area contributed by atoms with Crippen molar-refractivity contribution in [2.75, 3.05) is 27.4 Å². The number of methoxy groups -OCH3 is 2. The van der Waals surface area contributed by atoms with E-state index in [9.17, 15) is 14.7 Å². The molecule has 6 nitrogen and oxygen atoms in total. The lowest BCUT2D eigenvalue weighted by Crippen LogP contribution is -2.31. The third-order valence-electron chi connectivity index (χ3n) is 6.86. The molecular formula is C30H33NO5. The van der Waals surface area contributed by atoms with Crippen molar-refractivity contribution in [3.05, 3.63) is 82.4 Å². The minimum absolute atomic E-state index is 0.108. The van der Waals surface area contributed by atoms with Crippen molar-refractivity contribution < 1.29 is 24.2 Å². The molecule has 1 heterocycles. The Morgan fingerprint density at radius 2 is 1.78 bits per heavy atom. The second kappa shape index (κ2) is 10.5. The van der Waals surface area contributed by atoms with Gasteiger partial charge in [-0.2, -0.15) is 0 Å². The van der Waals surface area contributed by atoms with Crippen LogP contribution in [0.2, 0.25) is 0 Å². The third kappa shape index (κ3) is 4.49. The summed E-state index contributed by atoms with van der Waals surface area (Å²) in [6.45, 7) is 6.75. The van der Waals surface area contributed by atoms with Crippen LogP contribution in [0.15, 0.2) is 60.2 Å². The fourth-order valence-corrected chi connectivity index (χ4v) is 5.03. The lowest BCUT2D eigenvalue weighted by molar-refractivity contribution is -0.140. The van der Waals surface area contributed by atoms with Gasteiger partial charge in [-0.15, -0.1) is 0 Å². The molecule has 188 valence electrons. The van der Waals surface area contributed by atoms with Gasteiger partial charge in [-0.1, -0.05) is 56.3 Å².